The summed E-state index contributed by atoms with van der Waals surface area (Å²) in [5, 5.41) is 0. The molecule has 2 aliphatic rings. The molecular weight excluding hydrogens is 262 g/mol. The van der Waals surface area contributed by atoms with Gasteiger partial charge in [-0.25, -0.2) is 0 Å². The average molecular weight is 277 g/mol. The van der Waals surface area contributed by atoms with Gasteiger partial charge in [0.2, 0.25) is 0 Å². The predicted octanol–water partition coefficient (Wildman–Crippen LogP) is 2.60. The van der Waals surface area contributed by atoms with Gasteiger partial charge in [0.1, 0.15) is 10.2 Å². The number of rotatable bonds is 1. The molecule has 0 saturated carbocycles. The molecule has 0 radical (unpaired) electrons. The van der Waals surface area contributed by atoms with Crippen LogP contribution in [0.15, 0.2) is 28.1 Å². The van der Waals surface area contributed by atoms with Crippen LogP contribution in [0.4, 0.5) is 5.69 Å². The zero-order valence-electron chi connectivity index (χ0n) is 10.5. The Balaban J connectivity index is 2.10. The Morgan fingerprint density at radius 3 is 3.00 bits per heavy atom. The highest BCUT2D eigenvalue weighted by Gasteiger charge is 2.29. The van der Waals surface area contributed by atoms with Crippen LogP contribution >= 0.6 is 24.0 Å². The van der Waals surface area contributed by atoms with Crippen LogP contribution in [0.25, 0.3) is 0 Å². The van der Waals surface area contributed by atoms with Gasteiger partial charge in [-0.05, 0) is 24.6 Å². The SMILES string of the molecule is CN(C)c1ccc2c(c1)SC(=S)N1CCCN=C21. The number of fused-ring (bicyclic) bond motifs is 3. The van der Waals surface area contributed by atoms with Crippen LogP contribution in [0.1, 0.15) is 12.0 Å². The Morgan fingerprint density at radius 1 is 1.39 bits per heavy atom. The highest BCUT2D eigenvalue weighted by Crippen LogP contribution is 2.36. The van der Waals surface area contributed by atoms with Crippen molar-refractivity contribution in [3.05, 3.63) is 23.8 Å². The molecule has 0 aliphatic carbocycles. The van der Waals surface area contributed by atoms with E-state index in [0.717, 1.165) is 29.7 Å². The molecule has 3 nitrogen and oxygen atoms in total. The summed E-state index contributed by atoms with van der Waals surface area (Å²) in [5.74, 6) is 1.06. The molecule has 1 aromatic rings. The van der Waals surface area contributed by atoms with Crippen LogP contribution in [0, 0.1) is 0 Å². The van der Waals surface area contributed by atoms with Crippen LogP contribution in [0.2, 0.25) is 0 Å². The Hall–Kier alpha value is -1.07. The lowest BCUT2D eigenvalue weighted by Crippen LogP contribution is -2.41. The van der Waals surface area contributed by atoms with Crippen molar-refractivity contribution < 1.29 is 0 Å². The first-order chi connectivity index (χ1) is 8.66. The third-order valence-corrected chi connectivity index (χ3v) is 4.62. The summed E-state index contributed by atoms with van der Waals surface area (Å²) >= 11 is 7.16. The molecule has 0 unspecified atom stereocenters. The predicted molar refractivity (Wildman–Crippen MR) is 82.0 cm³/mol. The number of amidine groups is 1. The van der Waals surface area contributed by atoms with E-state index in [9.17, 15) is 0 Å². The van der Waals surface area contributed by atoms with Crippen LogP contribution < -0.4 is 4.90 Å². The third-order valence-electron chi connectivity index (χ3n) is 3.20. The van der Waals surface area contributed by atoms with Gasteiger partial charge in [-0.15, -0.1) is 0 Å². The first-order valence-corrected chi connectivity index (χ1v) is 7.25. The highest BCUT2D eigenvalue weighted by molar-refractivity contribution is 8.23. The van der Waals surface area contributed by atoms with E-state index in [1.54, 1.807) is 11.8 Å². The number of anilines is 1. The molecule has 0 bridgehead atoms. The fourth-order valence-electron chi connectivity index (χ4n) is 2.22. The lowest BCUT2D eigenvalue weighted by atomic mass is 10.1. The summed E-state index contributed by atoms with van der Waals surface area (Å²) in [6.45, 7) is 1.91. The Labute approximate surface area is 117 Å². The minimum absolute atomic E-state index is 0.911. The molecule has 18 heavy (non-hydrogen) atoms. The minimum atomic E-state index is 0.911. The summed E-state index contributed by atoms with van der Waals surface area (Å²) in [7, 11) is 4.11. The second-order valence-electron chi connectivity index (χ2n) is 4.65. The molecule has 3 rings (SSSR count). The molecule has 0 amide bonds. The number of hydrogen-bond acceptors (Lipinski definition) is 4. The molecule has 2 heterocycles. The maximum atomic E-state index is 5.48. The average Bonchev–Trinajstić information content (AvgIpc) is 2.38. The number of thiocarbonyl (C=S) groups is 1. The highest BCUT2D eigenvalue weighted by atomic mass is 32.2. The normalized spacial score (nSPS) is 18.0. The van der Waals surface area contributed by atoms with Crippen LogP contribution in [0.5, 0.6) is 0 Å². The number of aliphatic imine (C=N–C) groups is 1. The van der Waals surface area contributed by atoms with E-state index in [-0.39, 0.29) is 0 Å². The zero-order chi connectivity index (χ0) is 12.7. The maximum Gasteiger partial charge on any atom is 0.146 e. The molecule has 5 heteroatoms. The standard InChI is InChI=1S/C13H15N3S2/c1-15(2)9-4-5-10-11(8-9)18-13(17)16-7-3-6-14-12(10)16/h4-5,8H,3,6-7H2,1-2H3. The largest absolute Gasteiger partial charge is 0.378 e. The van der Waals surface area contributed by atoms with Crippen LogP contribution in [0.3, 0.4) is 0 Å². The first-order valence-electron chi connectivity index (χ1n) is 6.02. The smallest absolute Gasteiger partial charge is 0.146 e. The Morgan fingerprint density at radius 2 is 2.22 bits per heavy atom. The van der Waals surface area contributed by atoms with Gasteiger partial charge in [-0.3, -0.25) is 4.99 Å². The number of hydrogen-bond donors (Lipinski definition) is 0. The van der Waals surface area contributed by atoms with Crippen LogP contribution in [-0.2, 0) is 0 Å². The van der Waals surface area contributed by atoms with E-state index in [2.05, 4.69) is 47.1 Å². The molecule has 1 aromatic carbocycles. The molecule has 0 atom stereocenters. The first kappa shape index (κ1) is 12.0. The van der Waals surface area contributed by atoms with E-state index in [4.69, 9.17) is 12.2 Å². The van der Waals surface area contributed by atoms with Gasteiger partial charge in [-0.1, -0.05) is 24.0 Å². The van der Waals surface area contributed by atoms with Gasteiger partial charge in [0.15, 0.2) is 0 Å². The van der Waals surface area contributed by atoms with Crippen molar-refractivity contribution in [2.45, 2.75) is 11.3 Å². The number of benzene rings is 1. The zero-order valence-corrected chi connectivity index (χ0v) is 12.1. The van der Waals surface area contributed by atoms with Crippen molar-refractivity contribution in [2.24, 2.45) is 4.99 Å². The molecule has 0 fully saturated rings. The topological polar surface area (TPSA) is 18.8 Å². The quantitative estimate of drug-likeness (QED) is 0.734. The van der Waals surface area contributed by atoms with Crippen molar-refractivity contribution in [1.82, 2.24) is 4.90 Å². The summed E-state index contributed by atoms with van der Waals surface area (Å²) in [6.07, 6.45) is 1.09. The van der Waals surface area contributed by atoms with Crippen molar-refractivity contribution in [3.8, 4) is 0 Å². The van der Waals surface area contributed by atoms with Crippen LogP contribution in [-0.4, -0.2) is 42.2 Å². The minimum Gasteiger partial charge on any atom is -0.378 e. The Kier molecular flexibility index (Phi) is 3.03. The summed E-state index contributed by atoms with van der Waals surface area (Å²) in [4.78, 5) is 10.1. The fraction of sp³-hybridized carbons (Fsp3) is 0.385. The number of thioether (sulfide) groups is 1. The van der Waals surface area contributed by atoms with Crippen molar-refractivity contribution >= 4 is 39.8 Å². The van der Waals surface area contributed by atoms with Gasteiger partial charge >= 0.3 is 0 Å². The fourth-order valence-corrected chi connectivity index (χ4v) is 3.59. The monoisotopic (exact) mass is 277 g/mol. The number of nitrogens with zero attached hydrogens (tertiary/aromatic N) is 3. The lowest BCUT2D eigenvalue weighted by molar-refractivity contribution is 0.561. The molecule has 0 saturated heterocycles. The van der Waals surface area contributed by atoms with Gasteiger partial charge in [0, 0.05) is 43.3 Å². The van der Waals surface area contributed by atoms with Crippen molar-refractivity contribution in [2.75, 3.05) is 32.1 Å². The van der Waals surface area contributed by atoms with E-state index in [1.165, 1.54) is 16.1 Å². The summed E-state index contributed by atoms with van der Waals surface area (Å²) in [6, 6.07) is 6.50. The molecule has 0 aromatic heterocycles. The van der Waals surface area contributed by atoms with E-state index in [1.807, 2.05) is 0 Å². The molecule has 0 N–H and O–H groups in total. The summed E-state index contributed by atoms with van der Waals surface area (Å²) in [5.41, 5.74) is 2.42. The molecule has 94 valence electrons. The third kappa shape index (κ3) is 1.91. The second-order valence-corrected chi connectivity index (χ2v) is 6.33. The van der Waals surface area contributed by atoms with E-state index in [0.29, 0.717) is 0 Å². The Bertz CT molecular complexity index is 537. The lowest BCUT2D eigenvalue weighted by Gasteiger charge is -2.34. The van der Waals surface area contributed by atoms with E-state index >= 15 is 0 Å². The van der Waals surface area contributed by atoms with Gasteiger partial charge < -0.3 is 9.80 Å². The second kappa shape index (κ2) is 4.55. The van der Waals surface area contributed by atoms with Gasteiger partial charge in [-0.2, -0.15) is 0 Å². The summed E-state index contributed by atoms with van der Waals surface area (Å²) < 4.78 is 0.928. The van der Waals surface area contributed by atoms with Gasteiger partial charge in [0.25, 0.3) is 0 Å². The molecule has 2 aliphatic heterocycles. The van der Waals surface area contributed by atoms with E-state index < -0.39 is 0 Å². The maximum absolute atomic E-state index is 5.48. The van der Waals surface area contributed by atoms with Crippen molar-refractivity contribution in [1.29, 1.82) is 0 Å². The van der Waals surface area contributed by atoms with Crippen molar-refractivity contribution in [3.63, 3.8) is 0 Å². The molecule has 0 spiro atoms. The molecular formula is C13H15N3S2. The van der Waals surface area contributed by atoms with Gasteiger partial charge in [0.05, 0.1) is 0 Å².